The summed E-state index contributed by atoms with van der Waals surface area (Å²) < 4.78 is 5.02. The van der Waals surface area contributed by atoms with Crippen LogP contribution in [0.15, 0.2) is 162 Å². The smallest absolute Gasteiger partial charge is 0.197 e. The lowest BCUT2D eigenvalue weighted by molar-refractivity contribution is 0.0900. The van der Waals surface area contributed by atoms with Gasteiger partial charge >= 0.3 is 0 Å². The first-order valence-electron chi connectivity index (χ1n) is 33.3. The summed E-state index contributed by atoms with van der Waals surface area (Å²) in [7, 11) is 0. The van der Waals surface area contributed by atoms with Crippen LogP contribution in [0.1, 0.15) is 228 Å². The fourth-order valence-electron chi connectivity index (χ4n) is 12.1. The van der Waals surface area contributed by atoms with Crippen LogP contribution >= 0.6 is 11.3 Å². The predicted molar refractivity (Wildman–Crippen MR) is 387 cm³/mol. The second-order valence-corrected chi connectivity index (χ2v) is 28.4. The van der Waals surface area contributed by atoms with E-state index in [2.05, 4.69) is 160 Å². The summed E-state index contributed by atoms with van der Waals surface area (Å²) in [5, 5.41) is 9.43. The summed E-state index contributed by atoms with van der Waals surface area (Å²) in [4.78, 5) is 94.9. The first-order chi connectivity index (χ1) is 48.5. The Labute approximate surface area is 592 Å². The van der Waals surface area contributed by atoms with Crippen molar-refractivity contribution < 1.29 is 33.5 Å². The molecule has 0 spiro atoms. The van der Waals surface area contributed by atoms with Crippen LogP contribution in [0, 0.1) is 82.4 Å². The summed E-state index contributed by atoms with van der Waals surface area (Å²) in [6, 6.07) is 36.9. The number of rotatable bonds is 0. The summed E-state index contributed by atoms with van der Waals surface area (Å²) >= 11 is 1.50. The number of benzene rings is 2. The molecule has 5 aliphatic carbocycles. The van der Waals surface area contributed by atoms with E-state index in [0.29, 0.717) is 54.9 Å². The van der Waals surface area contributed by atoms with E-state index >= 15 is 0 Å². The average Bonchev–Trinajstić information content (AvgIpc) is 1.47. The third-order valence-electron chi connectivity index (χ3n) is 16.9. The van der Waals surface area contributed by atoms with Crippen molar-refractivity contribution >= 4 is 40.3 Å². The highest BCUT2D eigenvalue weighted by Crippen LogP contribution is 2.36. The molecular weight excluding hydrogens is 1280 g/mol. The number of pyridine rings is 6. The van der Waals surface area contributed by atoms with Crippen molar-refractivity contribution in [2.75, 3.05) is 0 Å². The minimum atomic E-state index is -0.0473. The normalized spacial score (nSPS) is 15.0. The van der Waals surface area contributed by atoms with Gasteiger partial charge in [-0.05, 0) is 218 Å². The Morgan fingerprint density at radius 1 is 0.396 bits per heavy atom. The van der Waals surface area contributed by atoms with Gasteiger partial charge in [-0.15, -0.1) is 11.3 Å². The molecule has 10 aromatic rings. The molecule has 0 saturated heterocycles. The first kappa shape index (κ1) is 70.4. The number of oxazole rings is 1. The molecule has 8 heterocycles. The lowest BCUT2D eigenvalue weighted by atomic mass is 9.75. The highest BCUT2D eigenvalue weighted by atomic mass is 32.1. The van der Waals surface area contributed by atoms with Crippen LogP contribution in [0.25, 0.3) is 0 Å². The number of hydrogen-bond donors (Lipinski definition) is 1. The monoisotopic (exact) mass is 1350 g/mol. The molecule has 15 rings (SSSR count). The molecule has 101 heavy (non-hydrogen) atoms. The Balaban J connectivity index is 0.000000127. The van der Waals surface area contributed by atoms with E-state index in [9.17, 15) is 29.1 Å². The number of aromatic hydroxyl groups is 1. The molecule has 0 aliphatic heterocycles. The van der Waals surface area contributed by atoms with E-state index in [-0.39, 0.29) is 50.9 Å². The summed E-state index contributed by atoms with van der Waals surface area (Å²) in [5.41, 5.74) is 17.0. The van der Waals surface area contributed by atoms with Crippen molar-refractivity contribution in [1.29, 1.82) is 0 Å². The maximum Gasteiger partial charge on any atom is 0.197 e. The SMILES string of the molecule is CC1(C)CC(=O)c2ccc(C#Cc3cccc(O)c3)nc2C1.CC1(C)CC(=O)c2ccc(C#Cc3cccnc3)nc2C1.Cc1cccc(C#Cc2ccc3c(n2)CC(C)(C)CC3=O)c1.O=C1CCCc2nc(C#Cc3cnco3)ccc21.O=C1CCCc2nc(C#Cc3cncs3)ccc21. The number of aryl methyl sites for hydroxylation is 3. The van der Waals surface area contributed by atoms with Gasteiger partial charge < -0.3 is 9.52 Å². The number of thiazole rings is 1. The number of ketones is 5. The van der Waals surface area contributed by atoms with Crippen molar-refractivity contribution in [1.82, 2.24) is 39.9 Å². The Bertz CT molecular complexity index is 4910. The molecule has 0 radical (unpaired) electrons. The highest BCUT2D eigenvalue weighted by molar-refractivity contribution is 7.10. The highest BCUT2D eigenvalue weighted by Gasteiger charge is 2.34. The number of phenolic OH excluding ortho intramolecular Hbond substituents is 1. The summed E-state index contributed by atoms with van der Waals surface area (Å²) in [6.07, 6.45) is 17.0. The molecule has 0 bridgehead atoms. The van der Waals surface area contributed by atoms with Gasteiger partial charge in [0.05, 0.1) is 51.3 Å². The zero-order chi connectivity index (χ0) is 71.1. The fourth-order valence-corrected chi connectivity index (χ4v) is 12.6. The molecule has 500 valence electrons. The molecule has 0 saturated carbocycles. The van der Waals surface area contributed by atoms with Crippen molar-refractivity contribution in [2.24, 2.45) is 16.2 Å². The molecular formula is C85H72N8O7S. The van der Waals surface area contributed by atoms with E-state index in [0.717, 1.165) is 134 Å². The zero-order valence-electron chi connectivity index (χ0n) is 57.4. The van der Waals surface area contributed by atoms with Gasteiger partial charge in [0.1, 0.15) is 34.2 Å². The van der Waals surface area contributed by atoms with E-state index < -0.39 is 0 Å². The summed E-state index contributed by atoms with van der Waals surface area (Å²) in [6.45, 7) is 14.6. The van der Waals surface area contributed by atoms with Gasteiger partial charge in [-0.25, -0.2) is 29.9 Å². The fraction of sp³-hybridized carbons (Fsp3) is 0.259. The van der Waals surface area contributed by atoms with E-state index in [1.165, 1.54) is 23.3 Å². The predicted octanol–water partition coefficient (Wildman–Crippen LogP) is 14.8. The molecule has 15 nitrogen and oxygen atoms in total. The molecule has 0 fully saturated rings. The van der Waals surface area contributed by atoms with Gasteiger partial charge in [-0.2, -0.15) is 0 Å². The van der Waals surface area contributed by atoms with Crippen LogP contribution in [0.5, 0.6) is 5.75 Å². The van der Waals surface area contributed by atoms with Crippen LogP contribution in [0.3, 0.4) is 0 Å². The molecule has 0 unspecified atom stereocenters. The number of aromatic nitrogens is 8. The van der Waals surface area contributed by atoms with Gasteiger partial charge in [0.15, 0.2) is 41.1 Å². The van der Waals surface area contributed by atoms with Gasteiger partial charge in [0, 0.05) is 89.0 Å². The van der Waals surface area contributed by atoms with Gasteiger partial charge in [-0.3, -0.25) is 33.9 Å². The molecule has 0 amide bonds. The van der Waals surface area contributed by atoms with Crippen LogP contribution in [0.2, 0.25) is 0 Å². The Kier molecular flexibility index (Phi) is 22.2. The van der Waals surface area contributed by atoms with Crippen molar-refractivity contribution in [3.8, 4) is 65.0 Å². The molecule has 5 aliphatic rings. The number of fused-ring (bicyclic) bond motifs is 5. The number of nitrogens with zero attached hydrogens (tertiary/aromatic N) is 8. The van der Waals surface area contributed by atoms with Gasteiger partial charge in [0.25, 0.3) is 0 Å². The van der Waals surface area contributed by atoms with E-state index in [1.807, 2.05) is 78.9 Å². The van der Waals surface area contributed by atoms with Crippen LogP contribution in [-0.4, -0.2) is 73.9 Å². The Morgan fingerprint density at radius 2 is 0.822 bits per heavy atom. The molecule has 16 heteroatoms. The minimum absolute atomic E-state index is 0.0142. The molecule has 8 aromatic heterocycles. The van der Waals surface area contributed by atoms with Gasteiger partial charge in [0.2, 0.25) is 0 Å². The van der Waals surface area contributed by atoms with Crippen molar-refractivity contribution in [2.45, 2.75) is 126 Å². The second kappa shape index (κ2) is 31.8. The lowest BCUT2D eigenvalue weighted by Crippen LogP contribution is -2.28. The van der Waals surface area contributed by atoms with Crippen molar-refractivity contribution in [3.05, 3.63) is 276 Å². The van der Waals surface area contributed by atoms with Crippen LogP contribution in [0.4, 0.5) is 0 Å². The average molecular weight is 1350 g/mol. The lowest BCUT2D eigenvalue weighted by Gasteiger charge is -2.29. The second-order valence-electron chi connectivity index (χ2n) is 27.5. The Hall–Kier alpha value is -11.9. The third-order valence-corrected chi connectivity index (χ3v) is 17.6. The zero-order valence-corrected chi connectivity index (χ0v) is 58.2. The van der Waals surface area contributed by atoms with E-state index in [1.54, 1.807) is 60.6 Å². The maximum atomic E-state index is 12.2. The minimum Gasteiger partial charge on any atom is -0.508 e. The number of Topliss-reactive ketones (excluding diaryl/α,β-unsaturated/α-hetero) is 5. The third kappa shape index (κ3) is 19.7. The van der Waals surface area contributed by atoms with Crippen LogP contribution in [-0.2, 0) is 32.1 Å². The number of hydrogen-bond acceptors (Lipinski definition) is 16. The van der Waals surface area contributed by atoms with E-state index in [4.69, 9.17) is 4.42 Å². The standard InChI is InChI=1S/C20H19NO.C19H17NO2.C18H16N2O.C14H10N2O2.C14H10N2OS/c1-14-5-4-6-15(11-14)7-8-16-9-10-17-18(21-16)12-20(2,3)13-19(17)22;1-19(2)11-17-16(18(22)12-19)9-8-14(20-17)7-6-13-4-3-5-15(21)10-13;1-18(2)10-16-15(17(21)11-18)8-7-14(20-16)6-5-13-4-3-9-19-12-13;2*17-14-3-1-2-13-12(14)7-5-10(16-13)4-6-11-8-15-9-18-11/h4-6,9-11H,12-13H2,1-3H3;3-5,8-10,21H,11-12H2,1-2H3;3-4,7-9,12H,10-11H2,1-2H3;2*5,7-9H,1-3H2. The number of carbonyl (C=O) groups excluding carboxylic acids is 5. The number of phenols is 1. The number of carbonyl (C=O) groups is 5. The van der Waals surface area contributed by atoms with Gasteiger partial charge in [-0.1, -0.05) is 77.5 Å². The topological polar surface area (TPSA) is 222 Å². The summed E-state index contributed by atoms with van der Waals surface area (Å²) in [5.74, 6) is 31.7. The maximum absolute atomic E-state index is 12.2. The first-order valence-corrected chi connectivity index (χ1v) is 34.2. The molecule has 0 atom stereocenters. The van der Waals surface area contributed by atoms with Crippen molar-refractivity contribution in [3.63, 3.8) is 0 Å². The quantitative estimate of drug-likeness (QED) is 0.139. The van der Waals surface area contributed by atoms with Crippen LogP contribution < -0.4 is 0 Å². The molecule has 1 N–H and O–H groups in total. The molecule has 2 aromatic carbocycles. The largest absolute Gasteiger partial charge is 0.508 e. The Morgan fingerprint density at radius 3 is 1.25 bits per heavy atom.